The minimum atomic E-state index is -0.310. The molecule has 0 saturated heterocycles. The van der Waals surface area contributed by atoms with Crippen molar-refractivity contribution in [2.45, 2.75) is 0 Å². The maximum absolute atomic E-state index is 11.9. The zero-order valence-corrected chi connectivity index (χ0v) is 11.3. The number of rotatable bonds is 3. The van der Waals surface area contributed by atoms with Gasteiger partial charge in [-0.1, -0.05) is 41.4 Å². The number of hydrogen-bond acceptors (Lipinski definition) is 2. The predicted octanol–water partition coefficient (Wildman–Crippen LogP) is 4.60. The number of ketones is 1. The number of phenols is 1. The van der Waals surface area contributed by atoms with E-state index in [1.807, 2.05) is 0 Å². The van der Waals surface area contributed by atoms with Crippen LogP contribution in [-0.4, -0.2) is 10.9 Å². The molecule has 4 heteroatoms. The van der Waals surface area contributed by atoms with Gasteiger partial charge in [-0.2, -0.15) is 0 Å². The number of hydrogen-bond donors (Lipinski definition) is 1. The molecule has 0 aliphatic heterocycles. The van der Waals surface area contributed by atoms with Crippen LogP contribution in [-0.2, 0) is 0 Å². The van der Waals surface area contributed by atoms with E-state index in [4.69, 9.17) is 23.2 Å². The Morgan fingerprint density at radius 2 is 1.63 bits per heavy atom. The van der Waals surface area contributed by atoms with Crippen molar-refractivity contribution in [1.82, 2.24) is 0 Å². The second-order valence-electron chi connectivity index (χ2n) is 3.91. The van der Waals surface area contributed by atoms with Crippen LogP contribution < -0.4 is 0 Å². The normalized spacial score (nSPS) is 10.8. The fourth-order valence-electron chi connectivity index (χ4n) is 1.54. The molecule has 2 rings (SSSR count). The molecule has 0 atom stereocenters. The Morgan fingerprint density at radius 1 is 1.00 bits per heavy atom. The zero-order valence-electron chi connectivity index (χ0n) is 9.81. The van der Waals surface area contributed by atoms with Gasteiger partial charge < -0.3 is 5.11 Å². The third kappa shape index (κ3) is 3.60. The molecule has 0 aromatic heterocycles. The first-order chi connectivity index (χ1) is 9.06. The number of carbonyl (C=O) groups excluding carboxylic acids is 1. The highest BCUT2D eigenvalue weighted by atomic mass is 35.5. The second-order valence-corrected chi connectivity index (χ2v) is 4.78. The standard InChI is InChI=1S/C15H10Cl2O2/c16-11-4-1-10(2-5-11)3-7-14(18)13-9-12(17)6-8-15(13)19/h1-9,19H/b7-3-. The summed E-state index contributed by atoms with van der Waals surface area (Å²) in [5.41, 5.74) is 1.02. The molecule has 0 amide bonds. The first-order valence-corrected chi connectivity index (χ1v) is 6.28. The van der Waals surface area contributed by atoms with E-state index in [1.165, 1.54) is 24.3 Å². The maximum Gasteiger partial charge on any atom is 0.189 e. The molecule has 96 valence electrons. The van der Waals surface area contributed by atoms with Crippen LogP contribution in [0.1, 0.15) is 15.9 Å². The molecule has 0 radical (unpaired) electrons. The smallest absolute Gasteiger partial charge is 0.189 e. The van der Waals surface area contributed by atoms with Crippen LogP contribution in [0.2, 0.25) is 10.0 Å². The molecule has 1 N–H and O–H groups in total. The topological polar surface area (TPSA) is 37.3 Å². The summed E-state index contributed by atoms with van der Waals surface area (Å²) >= 11 is 11.6. The van der Waals surface area contributed by atoms with E-state index < -0.39 is 0 Å². The SMILES string of the molecule is O=C(/C=C\c1ccc(Cl)cc1)c1cc(Cl)ccc1O. The molecule has 0 heterocycles. The van der Waals surface area contributed by atoms with Gasteiger partial charge >= 0.3 is 0 Å². The summed E-state index contributed by atoms with van der Waals surface area (Å²) in [6, 6.07) is 11.4. The molecule has 0 spiro atoms. The van der Waals surface area contributed by atoms with Crippen LogP contribution in [0.3, 0.4) is 0 Å². The van der Waals surface area contributed by atoms with Gasteiger partial charge in [0.1, 0.15) is 5.75 Å². The van der Waals surface area contributed by atoms with E-state index in [-0.39, 0.29) is 17.1 Å². The summed E-state index contributed by atoms with van der Waals surface area (Å²) in [5.74, 6) is -0.398. The van der Waals surface area contributed by atoms with Crippen molar-refractivity contribution in [3.8, 4) is 5.75 Å². The summed E-state index contributed by atoms with van der Waals surface area (Å²) in [6.07, 6.45) is 3.04. The zero-order chi connectivity index (χ0) is 13.8. The van der Waals surface area contributed by atoms with E-state index in [0.29, 0.717) is 10.0 Å². The summed E-state index contributed by atoms with van der Waals surface area (Å²) in [7, 11) is 0. The maximum atomic E-state index is 11.9. The fraction of sp³-hybridized carbons (Fsp3) is 0. The van der Waals surface area contributed by atoms with Gasteiger partial charge in [0.2, 0.25) is 0 Å². The quantitative estimate of drug-likeness (QED) is 0.663. The van der Waals surface area contributed by atoms with E-state index in [1.54, 1.807) is 30.3 Å². The lowest BCUT2D eigenvalue weighted by Gasteiger charge is -2.01. The molecule has 0 unspecified atom stereocenters. The number of carbonyl (C=O) groups is 1. The Labute approximate surface area is 120 Å². The molecule has 2 aromatic rings. The average Bonchev–Trinajstić information content (AvgIpc) is 2.40. The summed E-state index contributed by atoms with van der Waals surface area (Å²) in [4.78, 5) is 11.9. The van der Waals surface area contributed by atoms with E-state index >= 15 is 0 Å². The summed E-state index contributed by atoms with van der Waals surface area (Å²) in [6.45, 7) is 0. The van der Waals surface area contributed by atoms with Crippen LogP contribution in [0.4, 0.5) is 0 Å². The average molecular weight is 293 g/mol. The molecule has 0 saturated carbocycles. The van der Waals surface area contributed by atoms with Gasteiger partial charge in [0, 0.05) is 10.0 Å². The second kappa shape index (κ2) is 5.91. The monoisotopic (exact) mass is 292 g/mol. The van der Waals surface area contributed by atoms with Crippen molar-refractivity contribution in [1.29, 1.82) is 0 Å². The Bertz CT molecular complexity index is 631. The highest BCUT2D eigenvalue weighted by Crippen LogP contribution is 2.22. The van der Waals surface area contributed by atoms with Crippen LogP contribution in [0, 0.1) is 0 Å². The molecule has 19 heavy (non-hydrogen) atoms. The summed E-state index contributed by atoms with van der Waals surface area (Å²) < 4.78 is 0. The van der Waals surface area contributed by atoms with Crippen molar-refractivity contribution < 1.29 is 9.90 Å². The van der Waals surface area contributed by atoms with Crippen molar-refractivity contribution in [2.24, 2.45) is 0 Å². The number of aromatic hydroxyl groups is 1. The molecule has 0 aliphatic carbocycles. The van der Waals surface area contributed by atoms with Crippen molar-refractivity contribution in [3.05, 3.63) is 69.7 Å². The van der Waals surface area contributed by atoms with Crippen molar-refractivity contribution in [2.75, 3.05) is 0 Å². The van der Waals surface area contributed by atoms with Gasteiger partial charge in [0.25, 0.3) is 0 Å². The summed E-state index contributed by atoms with van der Waals surface area (Å²) in [5, 5.41) is 10.6. The number of phenolic OH excluding ortho intramolecular Hbond substituents is 1. The molecule has 2 aromatic carbocycles. The molecule has 0 aliphatic rings. The number of halogens is 2. The number of benzene rings is 2. The Hall–Kier alpha value is -1.77. The van der Waals surface area contributed by atoms with Crippen LogP contribution in [0.25, 0.3) is 6.08 Å². The van der Waals surface area contributed by atoms with Gasteiger partial charge in [0.05, 0.1) is 5.56 Å². The highest BCUT2D eigenvalue weighted by molar-refractivity contribution is 6.31. The Kier molecular flexibility index (Phi) is 4.25. The molecule has 0 fully saturated rings. The first-order valence-electron chi connectivity index (χ1n) is 5.53. The minimum absolute atomic E-state index is 0.0878. The van der Waals surface area contributed by atoms with Gasteiger partial charge in [-0.15, -0.1) is 0 Å². The van der Waals surface area contributed by atoms with Gasteiger partial charge in [-0.05, 0) is 42.0 Å². The first kappa shape index (κ1) is 13.7. The molecular formula is C15H10Cl2O2. The van der Waals surface area contributed by atoms with Crippen molar-refractivity contribution >= 4 is 35.1 Å². The predicted molar refractivity (Wildman–Crippen MR) is 77.9 cm³/mol. The third-order valence-electron chi connectivity index (χ3n) is 2.52. The lowest BCUT2D eigenvalue weighted by atomic mass is 10.1. The molecule has 2 nitrogen and oxygen atoms in total. The fourth-order valence-corrected chi connectivity index (χ4v) is 1.84. The van der Waals surface area contributed by atoms with E-state index in [2.05, 4.69) is 0 Å². The largest absolute Gasteiger partial charge is 0.507 e. The number of allylic oxidation sites excluding steroid dienone is 1. The lowest BCUT2D eigenvalue weighted by molar-refractivity contribution is 0.104. The van der Waals surface area contributed by atoms with Crippen LogP contribution in [0.15, 0.2) is 48.5 Å². The van der Waals surface area contributed by atoms with Gasteiger partial charge in [0.15, 0.2) is 5.78 Å². The van der Waals surface area contributed by atoms with Crippen LogP contribution >= 0.6 is 23.2 Å². The molecule has 0 bridgehead atoms. The molecular weight excluding hydrogens is 283 g/mol. The Balaban J connectivity index is 2.21. The van der Waals surface area contributed by atoms with Crippen LogP contribution in [0.5, 0.6) is 5.75 Å². The minimum Gasteiger partial charge on any atom is -0.507 e. The highest BCUT2D eigenvalue weighted by Gasteiger charge is 2.08. The van der Waals surface area contributed by atoms with E-state index in [9.17, 15) is 9.90 Å². The van der Waals surface area contributed by atoms with Crippen molar-refractivity contribution in [3.63, 3.8) is 0 Å². The third-order valence-corrected chi connectivity index (χ3v) is 3.01. The van der Waals surface area contributed by atoms with Gasteiger partial charge in [-0.3, -0.25) is 4.79 Å². The Morgan fingerprint density at radius 3 is 2.32 bits per heavy atom. The lowest BCUT2D eigenvalue weighted by Crippen LogP contribution is -1.94. The van der Waals surface area contributed by atoms with Gasteiger partial charge in [-0.25, -0.2) is 0 Å². The van der Waals surface area contributed by atoms with E-state index in [0.717, 1.165) is 5.56 Å².